The summed E-state index contributed by atoms with van der Waals surface area (Å²) in [5.74, 6) is 0.341. The van der Waals surface area contributed by atoms with Gasteiger partial charge in [-0.15, -0.1) is 0 Å². The van der Waals surface area contributed by atoms with Crippen LogP contribution in [0.5, 0.6) is 0 Å². The lowest BCUT2D eigenvalue weighted by molar-refractivity contribution is 0.641. The summed E-state index contributed by atoms with van der Waals surface area (Å²) in [6.07, 6.45) is 0.758. The average molecular weight is 179 g/mol. The Bertz CT molecular complexity index is 447. The van der Waals surface area contributed by atoms with Crippen molar-refractivity contribution in [3.8, 4) is 0 Å². The molecule has 0 amide bonds. The number of halogens is 1. The molecule has 3 nitrogen and oxygen atoms in total. The number of hydrogen-bond donors (Lipinski definition) is 2. The molecule has 1 aromatic heterocycles. The van der Waals surface area contributed by atoms with E-state index in [9.17, 15) is 4.39 Å². The number of nitrogen functional groups attached to an aromatic ring is 1. The standard InChI is InChI=1S/C9H10FN3/c1-2-7-12-6-4-3-5(11)8(10)9(6)13-7/h3-4H,2,11H2,1H3,(H,12,13). The topological polar surface area (TPSA) is 54.7 Å². The van der Waals surface area contributed by atoms with Gasteiger partial charge < -0.3 is 10.7 Å². The van der Waals surface area contributed by atoms with Crippen LogP contribution in [0.2, 0.25) is 0 Å². The molecule has 0 spiro atoms. The zero-order valence-corrected chi connectivity index (χ0v) is 7.26. The van der Waals surface area contributed by atoms with E-state index in [1.54, 1.807) is 6.07 Å². The van der Waals surface area contributed by atoms with E-state index in [0.717, 1.165) is 12.2 Å². The zero-order chi connectivity index (χ0) is 9.42. The van der Waals surface area contributed by atoms with E-state index in [0.29, 0.717) is 11.0 Å². The fourth-order valence-corrected chi connectivity index (χ4v) is 1.28. The number of nitrogens with zero attached hydrogens (tertiary/aromatic N) is 1. The van der Waals surface area contributed by atoms with Crippen molar-refractivity contribution in [3.05, 3.63) is 23.8 Å². The molecule has 0 unspecified atom stereocenters. The third-order valence-corrected chi connectivity index (χ3v) is 2.01. The van der Waals surface area contributed by atoms with Gasteiger partial charge in [-0.05, 0) is 12.1 Å². The van der Waals surface area contributed by atoms with Gasteiger partial charge in [-0.2, -0.15) is 0 Å². The van der Waals surface area contributed by atoms with Crippen LogP contribution in [0.4, 0.5) is 10.1 Å². The zero-order valence-electron chi connectivity index (χ0n) is 7.26. The number of anilines is 1. The van der Waals surface area contributed by atoms with E-state index in [2.05, 4.69) is 9.97 Å². The van der Waals surface area contributed by atoms with Crippen LogP contribution >= 0.6 is 0 Å². The van der Waals surface area contributed by atoms with Crippen molar-refractivity contribution in [2.24, 2.45) is 0 Å². The quantitative estimate of drug-likeness (QED) is 0.656. The number of imidazole rings is 1. The minimum absolute atomic E-state index is 0.140. The highest BCUT2D eigenvalue weighted by Gasteiger charge is 2.08. The molecule has 1 aromatic carbocycles. The molecule has 2 rings (SSSR count). The molecule has 0 aliphatic rings. The fourth-order valence-electron chi connectivity index (χ4n) is 1.28. The van der Waals surface area contributed by atoms with Crippen LogP contribution in [-0.2, 0) is 6.42 Å². The maximum atomic E-state index is 13.3. The Hall–Kier alpha value is -1.58. The lowest BCUT2D eigenvalue weighted by Crippen LogP contribution is -1.90. The van der Waals surface area contributed by atoms with Crippen LogP contribution in [0.3, 0.4) is 0 Å². The van der Waals surface area contributed by atoms with E-state index < -0.39 is 5.82 Å². The van der Waals surface area contributed by atoms with E-state index in [-0.39, 0.29) is 5.69 Å². The monoisotopic (exact) mass is 179 g/mol. The van der Waals surface area contributed by atoms with Crippen molar-refractivity contribution in [2.75, 3.05) is 5.73 Å². The number of H-pyrrole nitrogens is 1. The fraction of sp³-hybridized carbons (Fsp3) is 0.222. The van der Waals surface area contributed by atoms with Crippen molar-refractivity contribution in [3.63, 3.8) is 0 Å². The molecular formula is C9H10FN3. The second-order valence-electron chi connectivity index (χ2n) is 2.90. The van der Waals surface area contributed by atoms with Crippen molar-refractivity contribution in [1.82, 2.24) is 9.97 Å². The number of nitrogens with two attached hydrogens (primary N) is 1. The molecule has 1 heterocycles. The molecule has 4 heteroatoms. The van der Waals surface area contributed by atoms with Gasteiger partial charge in [0.05, 0.1) is 11.2 Å². The normalized spacial score (nSPS) is 10.9. The Kier molecular flexibility index (Phi) is 1.69. The van der Waals surface area contributed by atoms with E-state index in [4.69, 9.17) is 5.73 Å². The SMILES string of the molecule is CCc1nc2c(F)c(N)ccc2[nH]1. The van der Waals surface area contributed by atoms with Gasteiger partial charge >= 0.3 is 0 Å². The van der Waals surface area contributed by atoms with E-state index in [1.807, 2.05) is 6.92 Å². The third kappa shape index (κ3) is 1.14. The summed E-state index contributed by atoms with van der Waals surface area (Å²) in [5, 5.41) is 0. The Morgan fingerprint density at radius 3 is 3.00 bits per heavy atom. The van der Waals surface area contributed by atoms with Crippen LogP contribution in [0.15, 0.2) is 12.1 Å². The molecule has 0 saturated carbocycles. The van der Waals surface area contributed by atoms with Crippen molar-refractivity contribution in [2.45, 2.75) is 13.3 Å². The number of fused-ring (bicyclic) bond motifs is 1. The van der Waals surface area contributed by atoms with Gasteiger partial charge in [0.2, 0.25) is 0 Å². The summed E-state index contributed by atoms with van der Waals surface area (Å²) in [6, 6.07) is 3.27. The highest BCUT2D eigenvalue weighted by molar-refractivity contribution is 5.79. The number of aryl methyl sites for hydroxylation is 1. The van der Waals surface area contributed by atoms with Gasteiger partial charge in [0, 0.05) is 6.42 Å². The number of rotatable bonds is 1. The van der Waals surface area contributed by atoms with E-state index in [1.165, 1.54) is 6.07 Å². The van der Waals surface area contributed by atoms with Crippen molar-refractivity contribution >= 4 is 16.7 Å². The number of aromatic amines is 1. The molecule has 0 atom stereocenters. The minimum atomic E-state index is -0.437. The average Bonchev–Trinajstić information content (AvgIpc) is 2.55. The predicted octanol–water partition coefficient (Wildman–Crippen LogP) is 1.85. The van der Waals surface area contributed by atoms with Gasteiger partial charge in [-0.1, -0.05) is 6.92 Å². The van der Waals surface area contributed by atoms with Crippen LogP contribution in [-0.4, -0.2) is 9.97 Å². The first kappa shape index (κ1) is 8.04. The molecule has 0 aliphatic carbocycles. The smallest absolute Gasteiger partial charge is 0.173 e. The molecule has 0 fully saturated rings. The van der Waals surface area contributed by atoms with Crippen molar-refractivity contribution in [1.29, 1.82) is 0 Å². The Morgan fingerprint density at radius 2 is 2.31 bits per heavy atom. The second-order valence-corrected chi connectivity index (χ2v) is 2.90. The Morgan fingerprint density at radius 1 is 1.54 bits per heavy atom. The highest BCUT2D eigenvalue weighted by atomic mass is 19.1. The summed E-state index contributed by atoms with van der Waals surface area (Å²) in [7, 11) is 0. The molecule has 0 radical (unpaired) electrons. The molecule has 68 valence electrons. The van der Waals surface area contributed by atoms with Crippen LogP contribution in [0.1, 0.15) is 12.7 Å². The first-order valence-electron chi connectivity index (χ1n) is 4.15. The molecule has 0 saturated heterocycles. The summed E-state index contributed by atoms with van der Waals surface area (Å²) >= 11 is 0. The summed E-state index contributed by atoms with van der Waals surface area (Å²) in [4.78, 5) is 7.09. The summed E-state index contributed by atoms with van der Waals surface area (Å²) in [5.41, 5.74) is 6.58. The highest BCUT2D eigenvalue weighted by Crippen LogP contribution is 2.20. The number of hydrogen-bond acceptors (Lipinski definition) is 2. The summed E-state index contributed by atoms with van der Waals surface area (Å²) in [6.45, 7) is 1.96. The number of benzene rings is 1. The molecule has 0 aliphatic heterocycles. The van der Waals surface area contributed by atoms with Gasteiger partial charge in [0.15, 0.2) is 5.82 Å². The van der Waals surface area contributed by atoms with Gasteiger partial charge in [-0.3, -0.25) is 0 Å². The lowest BCUT2D eigenvalue weighted by atomic mass is 10.3. The first-order chi connectivity index (χ1) is 6.22. The first-order valence-corrected chi connectivity index (χ1v) is 4.15. The van der Waals surface area contributed by atoms with Gasteiger partial charge in [0.1, 0.15) is 11.3 Å². The largest absolute Gasteiger partial charge is 0.396 e. The third-order valence-electron chi connectivity index (χ3n) is 2.01. The maximum absolute atomic E-state index is 13.3. The van der Waals surface area contributed by atoms with E-state index >= 15 is 0 Å². The number of aromatic nitrogens is 2. The molecular weight excluding hydrogens is 169 g/mol. The molecule has 0 bridgehead atoms. The number of nitrogens with one attached hydrogen (secondary N) is 1. The van der Waals surface area contributed by atoms with Crippen molar-refractivity contribution < 1.29 is 4.39 Å². The Labute approximate surface area is 74.8 Å². The molecule has 2 aromatic rings. The minimum Gasteiger partial charge on any atom is -0.396 e. The second kappa shape index (κ2) is 2.73. The maximum Gasteiger partial charge on any atom is 0.173 e. The predicted molar refractivity (Wildman–Crippen MR) is 49.8 cm³/mol. The molecule has 3 N–H and O–H groups in total. The van der Waals surface area contributed by atoms with Crippen LogP contribution in [0, 0.1) is 5.82 Å². The van der Waals surface area contributed by atoms with Gasteiger partial charge in [0.25, 0.3) is 0 Å². The van der Waals surface area contributed by atoms with Gasteiger partial charge in [-0.25, -0.2) is 9.37 Å². The molecule has 13 heavy (non-hydrogen) atoms. The lowest BCUT2D eigenvalue weighted by Gasteiger charge is -1.94. The van der Waals surface area contributed by atoms with Crippen LogP contribution in [0.25, 0.3) is 11.0 Å². The van der Waals surface area contributed by atoms with Crippen LogP contribution < -0.4 is 5.73 Å². The summed E-state index contributed by atoms with van der Waals surface area (Å²) < 4.78 is 13.3. The Balaban J connectivity index is 2.76.